The summed E-state index contributed by atoms with van der Waals surface area (Å²) in [6.07, 6.45) is 1.67. The number of carbonyl (C=O) groups is 1. The van der Waals surface area contributed by atoms with Crippen molar-refractivity contribution in [3.8, 4) is 16.9 Å². The van der Waals surface area contributed by atoms with E-state index in [-0.39, 0.29) is 5.91 Å². The van der Waals surface area contributed by atoms with Gasteiger partial charge in [0.2, 0.25) is 5.91 Å². The number of para-hydroxylation sites is 1. The van der Waals surface area contributed by atoms with Gasteiger partial charge < -0.3 is 15.0 Å². The molecule has 1 unspecified atom stereocenters. The van der Waals surface area contributed by atoms with Crippen molar-refractivity contribution in [2.75, 3.05) is 11.9 Å². The summed E-state index contributed by atoms with van der Waals surface area (Å²) in [5.41, 5.74) is 4.80. The Balaban J connectivity index is 1.52. The fourth-order valence-corrected chi connectivity index (χ4v) is 4.35. The van der Waals surface area contributed by atoms with E-state index in [0.29, 0.717) is 22.6 Å². The van der Waals surface area contributed by atoms with Gasteiger partial charge in [0.15, 0.2) is 11.0 Å². The second kappa shape index (κ2) is 9.63. The molecule has 0 spiro atoms. The Kier molecular flexibility index (Phi) is 6.67. The monoisotopic (exact) mass is 466 g/mol. The fraction of sp³-hybridized carbons (Fsp3) is 0.208. The molecule has 4 rings (SSSR count). The quantitative estimate of drug-likeness (QED) is 0.321. The number of hydrogen-bond donors (Lipinski definition) is 2. The molecule has 2 aromatic heterocycles. The molecule has 0 bridgehead atoms. The maximum Gasteiger partial charge on any atom is 0.238 e. The topological polar surface area (TPSA) is 79.9 Å². The SMILES string of the molecule is CCOc1ccc(-c2cccc3nc(SC(C)C(=O)Nc4ncc(C)cc4Cl)[nH]c23)cc1. The van der Waals surface area contributed by atoms with Gasteiger partial charge in [0, 0.05) is 11.8 Å². The molecule has 0 saturated heterocycles. The molecule has 8 heteroatoms. The molecule has 1 atom stereocenters. The Hall–Kier alpha value is -3.03. The van der Waals surface area contributed by atoms with E-state index in [1.807, 2.05) is 63.2 Å². The number of thioether (sulfide) groups is 1. The van der Waals surface area contributed by atoms with Crippen LogP contribution >= 0.6 is 23.4 Å². The van der Waals surface area contributed by atoms with E-state index in [0.717, 1.165) is 33.5 Å². The summed E-state index contributed by atoms with van der Waals surface area (Å²) in [5.74, 6) is 1.00. The molecule has 0 aliphatic heterocycles. The second-order valence-corrected chi connectivity index (χ2v) is 9.03. The first-order valence-electron chi connectivity index (χ1n) is 10.3. The number of pyridine rings is 1. The third kappa shape index (κ3) is 4.89. The van der Waals surface area contributed by atoms with Gasteiger partial charge in [0.25, 0.3) is 0 Å². The maximum absolute atomic E-state index is 12.7. The van der Waals surface area contributed by atoms with E-state index in [9.17, 15) is 4.79 Å². The molecule has 6 nitrogen and oxygen atoms in total. The zero-order chi connectivity index (χ0) is 22.7. The molecule has 2 N–H and O–H groups in total. The molecule has 32 heavy (non-hydrogen) atoms. The summed E-state index contributed by atoms with van der Waals surface area (Å²) in [7, 11) is 0. The molecule has 2 aromatic carbocycles. The fourth-order valence-electron chi connectivity index (χ4n) is 3.27. The first-order chi connectivity index (χ1) is 15.4. The average molecular weight is 467 g/mol. The van der Waals surface area contributed by atoms with Gasteiger partial charge in [0.05, 0.1) is 27.9 Å². The molecule has 0 fully saturated rings. The van der Waals surface area contributed by atoms with Crippen molar-refractivity contribution in [2.24, 2.45) is 0 Å². The van der Waals surface area contributed by atoms with Gasteiger partial charge >= 0.3 is 0 Å². The van der Waals surface area contributed by atoms with Crippen LogP contribution in [0.2, 0.25) is 5.02 Å². The summed E-state index contributed by atoms with van der Waals surface area (Å²) in [6, 6.07) is 15.7. The standard InChI is InChI=1S/C24H23ClN4O2S/c1-4-31-17-10-8-16(9-11-17)18-6-5-7-20-21(18)28-24(27-20)32-15(3)23(30)29-22-19(25)12-14(2)13-26-22/h5-13,15H,4H2,1-3H3,(H,27,28)(H,26,29,30). The Morgan fingerprint density at radius 1 is 1.25 bits per heavy atom. The highest BCUT2D eigenvalue weighted by Crippen LogP contribution is 2.32. The van der Waals surface area contributed by atoms with Gasteiger partial charge in [-0.25, -0.2) is 9.97 Å². The summed E-state index contributed by atoms with van der Waals surface area (Å²) < 4.78 is 5.54. The minimum atomic E-state index is -0.399. The number of ether oxygens (including phenoxy) is 1. The molecule has 0 radical (unpaired) electrons. The van der Waals surface area contributed by atoms with Gasteiger partial charge in [-0.15, -0.1) is 0 Å². The van der Waals surface area contributed by atoms with Crippen LogP contribution in [0.5, 0.6) is 5.75 Å². The van der Waals surface area contributed by atoms with Crippen molar-refractivity contribution >= 4 is 46.1 Å². The van der Waals surface area contributed by atoms with Crippen molar-refractivity contribution in [2.45, 2.75) is 31.2 Å². The number of benzene rings is 2. The number of rotatable bonds is 7. The molecule has 1 amide bonds. The minimum absolute atomic E-state index is 0.194. The highest BCUT2D eigenvalue weighted by molar-refractivity contribution is 8.00. The van der Waals surface area contributed by atoms with Crippen LogP contribution in [0, 0.1) is 6.92 Å². The third-order valence-corrected chi connectivity index (χ3v) is 6.12. The molecule has 4 aromatic rings. The summed E-state index contributed by atoms with van der Waals surface area (Å²) in [5, 5.41) is 3.47. The Morgan fingerprint density at radius 3 is 2.75 bits per heavy atom. The normalized spacial score (nSPS) is 12.0. The Labute approximate surface area is 195 Å². The van der Waals surface area contributed by atoms with E-state index in [1.165, 1.54) is 11.8 Å². The number of H-pyrrole nitrogens is 1. The lowest BCUT2D eigenvalue weighted by Crippen LogP contribution is -2.23. The van der Waals surface area contributed by atoms with E-state index in [4.69, 9.17) is 16.3 Å². The number of carbonyl (C=O) groups excluding carboxylic acids is 1. The molecule has 164 valence electrons. The van der Waals surface area contributed by atoms with Crippen molar-refractivity contribution < 1.29 is 9.53 Å². The van der Waals surface area contributed by atoms with Gasteiger partial charge in [-0.1, -0.05) is 47.6 Å². The van der Waals surface area contributed by atoms with Crippen LogP contribution in [-0.4, -0.2) is 32.7 Å². The lowest BCUT2D eigenvalue weighted by Gasteiger charge is -2.11. The third-order valence-electron chi connectivity index (χ3n) is 4.85. The van der Waals surface area contributed by atoms with E-state index in [2.05, 4.69) is 20.3 Å². The number of anilines is 1. The van der Waals surface area contributed by atoms with E-state index in [1.54, 1.807) is 12.3 Å². The predicted molar refractivity (Wildman–Crippen MR) is 131 cm³/mol. The summed E-state index contributed by atoms with van der Waals surface area (Å²) in [4.78, 5) is 24.9. The second-order valence-electron chi connectivity index (χ2n) is 7.29. The number of aromatic amines is 1. The molecular formula is C24H23ClN4O2S. The van der Waals surface area contributed by atoms with Crippen LogP contribution in [0.4, 0.5) is 5.82 Å². The highest BCUT2D eigenvalue weighted by atomic mass is 35.5. The van der Waals surface area contributed by atoms with Crippen molar-refractivity contribution in [3.05, 3.63) is 65.3 Å². The van der Waals surface area contributed by atoms with Crippen LogP contribution < -0.4 is 10.1 Å². The van der Waals surface area contributed by atoms with Crippen LogP contribution in [-0.2, 0) is 4.79 Å². The first-order valence-corrected chi connectivity index (χ1v) is 11.5. The number of aromatic nitrogens is 3. The molecular weight excluding hydrogens is 444 g/mol. The van der Waals surface area contributed by atoms with Gasteiger partial charge in [-0.2, -0.15) is 0 Å². The zero-order valence-corrected chi connectivity index (χ0v) is 19.6. The first kappa shape index (κ1) is 22.2. The molecule has 0 saturated carbocycles. The smallest absolute Gasteiger partial charge is 0.238 e. The van der Waals surface area contributed by atoms with Crippen molar-refractivity contribution in [1.29, 1.82) is 0 Å². The Morgan fingerprint density at radius 2 is 2.03 bits per heavy atom. The Bertz CT molecular complexity index is 1260. The van der Waals surface area contributed by atoms with Crippen molar-refractivity contribution in [1.82, 2.24) is 15.0 Å². The molecule has 0 aliphatic rings. The van der Waals surface area contributed by atoms with Crippen molar-refractivity contribution in [3.63, 3.8) is 0 Å². The molecule has 2 heterocycles. The van der Waals surface area contributed by atoms with Crippen LogP contribution in [0.15, 0.2) is 59.9 Å². The van der Waals surface area contributed by atoms with Crippen LogP contribution in [0.25, 0.3) is 22.2 Å². The maximum atomic E-state index is 12.7. The van der Waals surface area contributed by atoms with Crippen LogP contribution in [0.1, 0.15) is 19.4 Å². The minimum Gasteiger partial charge on any atom is -0.494 e. The highest BCUT2D eigenvalue weighted by Gasteiger charge is 2.19. The van der Waals surface area contributed by atoms with E-state index >= 15 is 0 Å². The lowest BCUT2D eigenvalue weighted by molar-refractivity contribution is -0.115. The largest absolute Gasteiger partial charge is 0.494 e. The predicted octanol–water partition coefficient (Wildman–Crippen LogP) is 6.10. The molecule has 0 aliphatic carbocycles. The number of imidazole rings is 1. The summed E-state index contributed by atoms with van der Waals surface area (Å²) >= 11 is 7.53. The number of hydrogen-bond acceptors (Lipinski definition) is 5. The number of nitrogens with one attached hydrogen (secondary N) is 2. The lowest BCUT2D eigenvalue weighted by atomic mass is 10.0. The van der Waals surface area contributed by atoms with Gasteiger partial charge in [0.1, 0.15) is 5.75 Å². The summed E-state index contributed by atoms with van der Waals surface area (Å²) in [6.45, 7) is 6.31. The number of halogens is 1. The van der Waals surface area contributed by atoms with Gasteiger partial charge in [-0.05, 0) is 56.2 Å². The van der Waals surface area contributed by atoms with E-state index < -0.39 is 5.25 Å². The number of aryl methyl sites for hydroxylation is 1. The number of fused-ring (bicyclic) bond motifs is 1. The zero-order valence-electron chi connectivity index (χ0n) is 18.0. The number of amides is 1. The average Bonchev–Trinajstić information content (AvgIpc) is 3.19. The van der Waals surface area contributed by atoms with Crippen LogP contribution in [0.3, 0.4) is 0 Å². The number of nitrogens with zero attached hydrogens (tertiary/aromatic N) is 2. The van der Waals surface area contributed by atoms with Gasteiger partial charge in [-0.3, -0.25) is 4.79 Å².